The highest BCUT2D eigenvalue weighted by Gasteiger charge is 2.29. The third kappa shape index (κ3) is 3.19. The average Bonchev–Trinajstić information content (AvgIpc) is 2.88. The van der Waals surface area contributed by atoms with Gasteiger partial charge in [0.1, 0.15) is 6.10 Å². The molecule has 0 spiro atoms. The molecular formula is C15H19N3O2. The maximum atomic E-state index is 11.1. The van der Waals surface area contributed by atoms with Gasteiger partial charge < -0.3 is 21.5 Å². The molecule has 2 atom stereocenters. The molecule has 1 aromatic rings. The molecule has 2 rings (SSSR count). The van der Waals surface area contributed by atoms with Crippen LogP contribution in [0.2, 0.25) is 0 Å². The fraction of sp³-hybridized carbons (Fsp3) is 0.267. The number of benzene rings is 1. The van der Waals surface area contributed by atoms with Gasteiger partial charge in [-0.1, -0.05) is 36.9 Å². The lowest BCUT2D eigenvalue weighted by Gasteiger charge is -2.12. The average molecular weight is 273 g/mol. The standard InChI is InChI=1S/C15H19N3O2/c1-2-5-10-6-3-4-7-12(10)15(17)20-11-8-13(14(16)19)18-9-11/h2-7,11,13,18H,1,8-9,17H2,(H2,16,19)/b10-5-,15-12+/t11-,13+/m1/s1. The van der Waals surface area contributed by atoms with E-state index in [9.17, 15) is 4.79 Å². The van der Waals surface area contributed by atoms with E-state index in [4.69, 9.17) is 16.2 Å². The minimum atomic E-state index is -0.366. The molecule has 106 valence electrons. The number of nitrogens with two attached hydrogens (primary N) is 2. The van der Waals surface area contributed by atoms with Gasteiger partial charge in [0.2, 0.25) is 5.91 Å². The maximum Gasteiger partial charge on any atom is 0.234 e. The first-order valence-electron chi connectivity index (χ1n) is 6.48. The predicted octanol–water partition coefficient (Wildman–Crippen LogP) is -1.09. The van der Waals surface area contributed by atoms with E-state index < -0.39 is 0 Å². The Morgan fingerprint density at radius 3 is 2.80 bits per heavy atom. The molecule has 0 aromatic heterocycles. The number of primary amides is 1. The summed E-state index contributed by atoms with van der Waals surface area (Å²) in [6.45, 7) is 4.24. The second kappa shape index (κ2) is 6.25. The van der Waals surface area contributed by atoms with E-state index in [1.165, 1.54) is 0 Å². The number of hydrogen-bond acceptors (Lipinski definition) is 4. The highest BCUT2D eigenvalue weighted by Crippen LogP contribution is 2.11. The van der Waals surface area contributed by atoms with E-state index in [-0.39, 0.29) is 18.1 Å². The molecule has 1 fully saturated rings. The fourth-order valence-electron chi connectivity index (χ4n) is 2.25. The van der Waals surface area contributed by atoms with Crippen molar-refractivity contribution < 1.29 is 9.53 Å². The van der Waals surface area contributed by atoms with Crippen molar-refractivity contribution in [3.63, 3.8) is 0 Å². The van der Waals surface area contributed by atoms with Crippen molar-refractivity contribution >= 4 is 17.9 Å². The molecule has 0 aliphatic carbocycles. The lowest BCUT2D eigenvalue weighted by Crippen LogP contribution is -2.36. The molecule has 0 bridgehead atoms. The molecule has 0 radical (unpaired) electrons. The van der Waals surface area contributed by atoms with Crippen LogP contribution < -0.4 is 27.2 Å². The van der Waals surface area contributed by atoms with E-state index in [0.29, 0.717) is 18.8 Å². The Hall–Kier alpha value is -2.27. The molecule has 1 heterocycles. The van der Waals surface area contributed by atoms with Crippen LogP contribution in [0.3, 0.4) is 0 Å². The Labute approximate surface area is 117 Å². The zero-order valence-corrected chi connectivity index (χ0v) is 11.2. The Morgan fingerprint density at radius 1 is 1.40 bits per heavy atom. The molecule has 1 aliphatic rings. The smallest absolute Gasteiger partial charge is 0.234 e. The molecule has 20 heavy (non-hydrogen) atoms. The summed E-state index contributed by atoms with van der Waals surface area (Å²) in [7, 11) is 0. The predicted molar refractivity (Wildman–Crippen MR) is 78.4 cm³/mol. The van der Waals surface area contributed by atoms with Crippen molar-refractivity contribution in [2.45, 2.75) is 18.6 Å². The molecule has 0 unspecified atom stereocenters. The number of carbonyl (C=O) groups excluding carboxylic acids is 1. The summed E-state index contributed by atoms with van der Waals surface area (Å²) >= 11 is 0. The summed E-state index contributed by atoms with van der Waals surface area (Å²) in [4.78, 5) is 11.1. The SMILES string of the molecule is C=C/C=c1/cccc/c1=C(/N)O[C@H]1CN[C@H](C(N)=O)C1. The minimum Gasteiger partial charge on any atom is -0.474 e. The van der Waals surface area contributed by atoms with Crippen LogP contribution in [-0.2, 0) is 9.53 Å². The Kier molecular flexibility index (Phi) is 4.42. The maximum absolute atomic E-state index is 11.1. The number of hydrogen-bond donors (Lipinski definition) is 3. The number of ether oxygens (including phenoxy) is 1. The van der Waals surface area contributed by atoms with Gasteiger partial charge in [0.05, 0.1) is 6.04 Å². The lowest BCUT2D eigenvalue weighted by molar-refractivity contribution is -0.119. The topological polar surface area (TPSA) is 90.4 Å². The molecule has 5 heteroatoms. The molecule has 1 aromatic carbocycles. The highest BCUT2D eigenvalue weighted by molar-refractivity contribution is 5.80. The van der Waals surface area contributed by atoms with Gasteiger partial charge in [-0.2, -0.15) is 0 Å². The first kappa shape index (κ1) is 14.1. The van der Waals surface area contributed by atoms with Crippen LogP contribution in [0.4, 0.5) is 0 Å². The summed E-state index contributed by atoms with van der Waals surface area (Å²) in [6.07, 6.45) is 3.95. The number of amides is 1. The van der Waals surface area contributed by atoms with Crippen molar-refractivity contribution in [1.29, 1.82) is 0 Å². The quantitative estimate of drug-likeness (QED) is 0.650. The van der Waals surface area contributed by atoms with Gasteiger partial charge in [-0.05, 0) is 11.3 Å². The first-order valence-corrected chi connectivity index (χ1v) is 6.48. The number of carbonyl (C=O) groups is 1. The van der Waals surface area contributed by atoms with Crippen LogP contribution in [0.15, 0.2) is 36.9 Å². The van der Waals surface area contributed by atoms with Crippen molar-refractivity contribution in [1.82, 2.24) is 5.32 Å². The van der Waals surface area contributed by atoms with Gasteiger partial charge in [0, 0.05) is 18.2 Å². The summed E-state index contributed by atoms with van der Waals surface area (Å²) in [5.41, 5.74) is 11.3. The first-order chi connectivity index (χ1) is 9.61. The molecule has 5 nitrogen and oxygen atoms in total. The highest BCUT2D eigenvalue weighted by atomic mass is 16.5. The molecule has 1 amide bonds. The Morgan fingerprint density at radius 2 is 2.15 bits per heavy atom. The van der Waals surface area contributed by atoms with Gasteiger partial charge in [0.15, 0.2) is 5.88 Å². The Bertz CT molecular complexity index is 624. The molecule has 1 saturated heterocycles. The van der Waals surface area contributed by atoms with Crippen LogP contribution in [0.5, 0.6) is 0 Å². The summed E-state index contributed by atoms with van der Waals surface area (Å²) in [5, 5.41) is 4.77. The third-order valence-electron chi connectivity index (χ3n) is 3.25. The number of nitrogens with one attached hydrogen (secondary N) is 1. The Balaban J connectivity index is 2.22. The van der Waals surface area contributed by atoms with E-state index in [1.54, 1.807) is 6.08 Å². The van der Waals surface area contributed by atoms with E-state index >= 15 is 0 Å². The number of allylic oxidation sites excluding steroid dienone is 1. The van der Waals surface area contributed by atoms with Crippen LogP contribution in [0.25, 0.3) is 12.0 Å². The van der Waals surface area contributed by atoms with Crippen molar-refractivity contribution in [3.8, 4) is 0 Å². The van der Waals surface area contributed by atoms with Crippen LogP contribution >= 0.6 is 0 Å². The summed E-state index contributed by atoms with van der Waals surface area (Å²) < 4.78 is 5.73. The zero-order chi connectivity index (χ0) is 14.5. The second-order valence-corrected chi connectivity index (χ2v) is 4.69. The lowest BCUT2D eigenvalue weighted by atomic mass is 10.2. The van der Waals surface area contributed by atoms with Gasteiger partial charge in [-0.3, -0.25) is 4.79 Å². The summed E-state index contributed by atoms with van der Waals surface area (Å²) in [6, 6.07) is 7.30. The van der Waals surface area contributed by atoms with E-state index in [0.717, 1.165) is 10.4 Å². The normalized spacial score (nSPS) is 24.3. The fourth-order valence-corrected chi connectivity index (χ4v) is 2.25. The van der Waals surface area contributed by atoms with Crippen LogP contribution in [-0.4, -0.2) is 24.6 Å². The number of rotatable bonds is 4. The zero-order valence-electron chi connectivity index (χ0n) is 11.2. The molecule has 5 N–H and O–H groups in total. The van der Waals surface area contributed by atoms with Crippen LogP contribution in [0.1, 0.15) is 6.42 Å². The van der Waals surface area contributed by atoms with Crippen LogP contribution in [0, 0.1) is 0 Å². The van der Waals surface area contributed by atoms with Gasteiger partial charge in [-0.15, -0.1) is 0 Å². The molecule has 1 aliphatic heterocycles. The van der Waals surface area contributed by atoms with Crippen molar-refractivity contribution in [2.24, 2.45) is 11.5 Å². The van der Waals surface area contributed by atoms with Crippen molar-refractivity contribution in [3.05, 3.63) is 47.4 Å². The largest absolute Gasteiger partial charge is 0.474 e. The monoisotopic (exact) mass is 273 g/mol. The van der Waals surface area contributed by atoms with E-state index in [1.807, 2.05) is 30.3 Å². The van der Waals surface area contributed by atoms with E-state index in [2.05, 4.69) is 11.9 Å². The van der Waals surface area contributed by atoms with Crippen molar-refractivity contribution in [2.75, 3.05) is 6.54 Å². The van der Waals surface area contributed by atoms with Gasteiger partial charge in [0.25, 0.3) is 0 Å². The minimum absolute atomic E-state index is 0.149. The second-order valence-electron chi connectivity index (χ2n) is 4.69. The summed E-state index contributed by atoms with van der Waals surface area (Å²) in [5.74, 6) is -0.0225. The van der Waals surface area contributed by atoms with Gasteiger partial charge in [-0.25, -0.2) is 0 Å². The molecule has 0 saturated carbocycles. The van der Waals surface area contributed by atoms with Gasteiger partial charge >= 0.3 is 0 Å². The third-order valence-corrected chi connectivity index (χ3v) is 3.25. The molecular weight excluding hydrogens is 254 g/mol.